The van der Waals surface area contributed by atoms with Crippen LogP contribution in [0.5, 0.6) is 11.5 Å². The second-order valence-corrected chi connectivity index (χ2v) is 12.3. The second-order valence-electron chi connectivity index (χ2n) is 10.5. The molecule has 0 saturated carbocycles. The molecule has 3 rings (SSSR count). The molecule has 0 unspecified atom stereocenters. The van der Waals surface area contributed by atoms with Crippen molar-refractivity contribution < 1.29 is 27.5 Å². The van der Waals surface area contributed by atoms with Crippen LogP contribution in [0, 0.1) is 13.8 Å². The Hall–Kier alpha value is -4.05. The number of aryl methyl sites for hydroxylation is 2. The lowest BCUT2D eigenvalue weighted by molar-refractivity contribution is -0.140. The Morgan fingerprint density at radius 1 is 0.881 bits per heavy atom. The molecule has 10 heteroatoms. The summed E-state index contributed by atoms with van der Waals surface area (Å²) < 4.78 is 40.3. The van der Waals surface area contributed by atoms with Crippen LogP contribution in [-0.4, -0.2) is 58.0 Å². The Bertz CT molecular complexity index is 1470. The lowest BCUT2D eigenvalue weighted by atomic mass is 10.1. The molecule has 226 valence electrons. The Morgan fingerprint density at radius 2 is 1.48 bits per heavy atom. The maximum absolute atomic E-state index is 14.2. The third-order valence-electron chi connectivity index (χ3n) is 6.83. The van der Waals surface area contributed by atoms with E-state index in [1.165, 1.54) is 37.3 Å². The molecule has 3 aromatic carbocycles. The zero-order valence-corrected chi connectivity index (χ0v) is 26.2. The molecule has 0 aromatic heterocycles. The molecule has 1 N–H and O–H groups in total. The standard InChI is InChI=1S/C32H41N3O6S/c1-8-28(32(37)33-22(2)3)34(20-25-13-9-23(4)10-14-25)31(36)21-35(29-19-26(40-6)15-18-30(29)41-7)42(38,39)27-16-11-24(5)12-17-27/h9-19,22,28H,8,20-21H2,1-7H3,(H,33,37)/t28-/m1/s1. The molecule has 0 heterocycles. The lowest BCUT2D eigenvalue weighted by Crippen LogP contribution is -2.53. The number of hydrogen-bond donors (Lipinski definition) is 1. The van der Waals surface area contributed by atoms with Crippen molar-refractivity contribution >= 4 is 27.5 Å². The molecule has 3 aromatic rings. The van der Waals surface area contributed by atoms with Gasteiger partial charge in [-0.05, 0) is 63.9 Å². The molecular weight excluding hydrogens is 554 g/mol. The van der Waals surface area contributed by atoms with E-state index in [4.69, 9.17) is 9.47 Å². The summed E-state index contributed by atoms with van der Waals surface area (Å²) in [4.78, 5) is 29.0. The van der Waals surface area contributed by atoms with Crippen LogP contribution in [-0.2, 0) is 26.2 Å². The van der Waals surface area contributed by atoms with Gasteiger partial charge in [0, 0.05) is 18.7 Å². The van der Waals surface area contributed by atoms with E-state index in [0.717, 1.165) is 21.0 Å². The van der Waals surface area contributed by atoms with E-state index in [1.54, 1.807) is 24.3 Å². The van der Waals surface area contributed by atoms with Crippen LogP contribution in [0.2, 0.25) is 0 Å². The summed E-state index contributed by atoms with van der Waals surface area (Å²) in [7, 11) is -1.36. The van der Waals surface area contributed by atoms with E-state index in [-0.39, 0.29) is 34.8 Å². The first-order valence-corrected chi connectivity index (χ1v) is 15.3. The van der Waals surface area contributed by atoms with Crippen molar-refractivity contribution in [3.8, 4) is 11.5 Å². The van der Waals surface area contributed by atoms with Gasteiger partial charge in [-0.3, -0.25) is 13.9 Å². The first-order valence-electron chi connectivity index (χ1n) is 13.9. The van der Waals surface area contributed by atoms with Crippen molar-refractivity contribution in [2.45, 2.75) is 64.6 Å². The number of ether oxygens (including phenoxy) is 2. The van der Waals surface area contributed by atoms with Gasteiger partial charge in [-0.25, -0.2) is 8.42 Å². The molecule has 9 nitrogen and oxygen atoms in total. The highest BCUT2D eigenvalue weighted by molar-refractivity contribution is 7.92. The van der Waals surface area contributed by atoms with E-state index in [9.17, 15) is 18.0 Å². The zero-order valence-electron chi connectivity index (χ0n) is 25.4. The molecule has 0 aliphatic heterocycles. The highest BCUT2D eigenvalue weighted by Gasteiger charge is 2.35. The number of benzene rings is 3. The monoisotopic (exact) mass is 595 g/mol. The molecule has 0 aliphatic rings. The van der Waals surface area contributed by atoms with Gasteiger partial charge in [0.15, 0.2) is 0 Å². The van der Waals surface area contributed by atoms with Crippen molar-refractivity contribution in [1.29, 1.82) is 0 Å². The van der Waals surface area contributed by atoms with Gasteiger partial charge < -0.3 is 19.7 Å². The fraction of sp³-hybridized carbons (Fsp3) is 0.375. The van der Waals surface area contributed by atoms with E-state index in [0.29, 0.717) is 12.2 Å². The summed E-state index contributed by atoms with van der Waals surface area (Å²) in [6.45, 7) is 8.90. The molecule has 0 radical (unpaired) electrons. The largest absolute Gasteiger partial charge is 0.497 e. The minimum absolute atomic E-state index is 0.0143. The third-order valence-corrected chi connectivity index (χ3v) is 8.61. The van der Waals surface area contributed by atoms with Crippen LogP contribution in [0.4, 0.5) is 5.69 Å². The summed E-state index contributed by atoms with van der Waals surface area (Å²) in [6, 6.07) is 17.9. The van der Waals surface area contributed by atoms with Crippen LogP contribution < -0.4 is 19.1 Å². The first-order chi connectivity index (χ1) is 19.9. The maximum atomic E-state index is 14.2. The van der Waals surface area contributed by atoms with Crippen LogP contribution >= 0.6 is 0 Å². The van der Waals surface area contributed by atoms with E-state index >= 15 is 0 Å². The molecule has 0 bridgehead atoms. The zero-order chi connectivity index (χ0) is 31.0. The molecule has 0 spiro atoms. The molecule has 1 atom stereocenters. The minimum Gasteiger partial charge on any atom is -0.497 e. The number of methoxy groups -OCH3 is 2. The number of sulfonamides is 1. The number of carbonyl (C=O) groups is 2. The van der Waals surface area contributed by atoms with Crippen molar-refractivity contribution in [1.82, 2.24) is 10.2 Å². The Balaban J connectivity index is 2.15. The Morgan fingerprint density at radius 3 is 2.00 bits per heavy atom. The number of amides is 2. The van der Waals surface area contributed by atoms with Crippen LogP contribution in [0.15, 0.2) is 71.6 Å². The van der Waals surface area contributed by atoms with Gasteiger partial charge >= 0.3 is 0 Å². The van der Waals surface area contributed by atoms with Gasteiger partial charge in [-0.1, -0.05) is 54.4 Å². The molecule has 42 heavy (non-hydrogen) atoms. The van der Waals surface area contributed by atoms with E-state index in [1.807, 2.05) is 58.9 Å². The number of carbonyl (C=O) groups excluding carboxylic acids is 2. The van der Waals surface area contributed by atoms with Gasteiger partial charge in [0.2, 0.25) is 11.8 Å². The summed E-state index contributed by atoms with van der Waals surface area (Å²) in [6.07, 6.45) is 0.337. The molecule has 0 saturated heterocycles. The predicted molar refractivity (Wildman–Crippen MR) is 164 cm³/mol. The van der Waals surface area contributed by atoms with E-state index in [2.05, 4.69) is 5.32 Å². The number of nitrogens with zero attached hydrogens (tertiary/aromatic N) is 2. The number of nitrogens with one attached hydrogen (secondary N) is 1. The Labute approximate surface area is 249 Å². The smallest absolute Gasteiger partial charge is 0.264 e. The lowest BCUT2D eigenvalue weighted by Gasteiger charge is -2.34. The predicted octanol–water partition coefficient (Wildman–Crippen LogP) is 4.85. The number of hydrogen-bond acceptors (Lipinski definition) is 6. The van der Waals surface area contributed by atoms with Crippen molar-refractivity contribution in [2.75, 3.05) is 25.1 Å². The molecule has 0 aliphatic carbocycles. The van der Waals surface area contributed by atoms with Crippen molar-refractivity contribution in [2.24, 2.45) is 0 Å². The topological polar surface area (TPSA) is 105 Å². The van der Waals surface area contributed by atoms with Gasteiger partial charge in [0.25, 0.3) is 10.0 Å². The van der Waals surface area contributed by atoms with Gasteiger partial charge in [-0.2, -0.15) is 0 Å². The highest BCUT2D eigenvalue weighted by atomic mass is 32.2. The molecule has 0 fully saturated rings. The van der Waals surface area contributed by atoms with Crippen molar-refractivity contribution in [3.63, 3.8) is 0 Å². The summed E-state index contributed by atoms with van der Waals surface area (Å²) in [5.74, 6) is -0.211. The quantitative estimate of drug-likeness (QED) is 0.303. The van der Waals surface area contributed by atoms with E-state index < -0.39 is 28.5 Å². The number of anilines is 1. The minimum atomic E-state index is -4.26. The number of rotatable bonds is 13. The highest BCUT2D eigenvalue weighted by Crippen LogP contribution is 2.36. The summed E-state index contributed by atoms with van der Waals surface area (Å²) >= 11 is 0. The molecule has 2 amide bonds. The van der Waals surface area contributed by atoms with Gasteiger partial charge in [0.05, 0.1) is 24.8 Å². The SMILES string of the molecule is CC[C@H](C(=O)NC(C)C)N(Cc1ccc(C)cc1)C(=O)CN(c1cc(OC)ccc1OC)S(=O)(=O)c1ccc(C)cc1. The molecular formula is C32H41N3O6S. The summed E-state index contributed by atoms with van der Waals surface area (Å²) in [5, 5.41) is 2.90. The van der Waals surface area contributed by atoms with Crippen molar-refractivity contribution in [3.05, 3.63) is 83.4 Å². The third kappa shape index (κ3) is 7.82. The summed E-state index contributed by atoms with van der Waals surface area (Å²) in [5.41, 5.74) is 2.90. The first kappa shape index (κ1) is 32.5. The maximum Gasteiger partial charge on any atom is 0.264 e. The van der Waals surface area contributed by atoms with Crippen LogP contribution in [0.25, 0.3) is 0 Å². The fourth-order valence-corrected chi connectivity index (χ4v) is 5.95. The normalized spacial score (nSPS) is 12.0. The van der Waals surface area contributed by atoms with Gasteiger partial charge in [0.1, 0.15) is 24.1 Å². The van der Waals surface area contributed by atoms with Crippen LogP contribution in [0.3, 0.4) is 0 Å². The average Bonchev–Trinajstić information content (AvgIpc) is 2.96. The fourth-order valence-electron chi connectivity index (χ4n) is 4.53. The Kier molecular flexibility index (Phi) is 11.0. The average molecular weight is 596 g/mol. The van der Waals surface area contributed by atoms with Gasteiger partial charge in [-0.15, -0.1) is 0 Å². The second kappa shape index (κ2) is 14.2. The van der Waals surface area contributed by atoms with Crippen LogP contribution in [0.1, 0.15) is 43.9 Å².